The highest BCUT2D eigenvalue weighted by molar-refractivity contribution is 8.15. The van der Waals surface area contributed by atoms with Gasteiger partial charge in [-0.15, -0.1) is 0 Å². The fourth-order valence-electron chi connectivity index (χ4n) is 3.82. The predicted molar refractivity (Wildman–Crippen MR) is 131 cm³/mol. The lowest BCUT2D eigenvalue weighted by molar-refractivity contribution is 0.102. The van der Waals surface area contributed by atoms with Crippen molar-refractivity contribution < 1.29 is 13.2 Å². The summed E-state index contributed by atoms with van der Waals surface area (Å²) < 4.78 is 23.4. The minimum Gasteiger partial charge on any atom is -0.335 e. The minimum atomic E-state index is -2.96. The largest absolute Gasteiger partial charge is 0.335 e. The second kappa shape index (κ2) is 8.44. The van der Waals surface area contributed by atoms with Crippen LogP contribution in [-0.2, 0) is 9.84 Å². The van der Waals surface area contributed by atoms with Crippen LogP contribution in [0.3, 0.4) is 0 Å². The highest BCUT2D eigenvalue weighted by Crippen LogP contribution is 2.34. The van der Waals surface area contributed by atoms with Crippen LogP contribution < -0.4 is 10.6 Å². The number of nitrogens with zero attached hydrogens (tertiary/aromatic N) is 1. The lowest BCUT2D eigenvalue weighted by atomic mass is 10.1. The molecule has 5 rings (SSSR count). The SMILES string of the molecule is O=C(Nc1ccc(-c2ccccc2)cc1)c1ccc(NC2=N[C@H]3CS(=O)(=O)C[C@@H]3S2)cc1. The molecule has 6 nitrogen and oxygen atoms in total. The Kier molecular flexibility index (Phi) is 5.48. The molecule has 0 radical (unpaired) electrons. The van der Waals surface area contributed by atoms with Crippen LogP contribution in [-0.4, -0.2) is 42.3 Å². The third-order valence-electron chi connectivity index (χ3n) is 5.47. The molecule has 32 heavy (non-hydrogen) atoms. The van der Waals surface area contributed by atoms with Gasteiger partial charge in [0.15, 0.2) is 15.0 Å². The zero-order valence-electron chi connectivity index (χ0n) is 17.1. The van der Waals surface area contributed by atoms with Gasteiger partial charge in [-0.3, -0.25) is 9.79 Å². The number of amides is 1. The van der Waals surface area contributed by atoms with Crippen LogP contribution in [0.25, 0.3) is 11.1 Å². The zero-order chi connectivity index (χ0) is 22.1. The molecule has 1 fully saturated rings. The van der Waals surface area contributed by atoms with Crippen molar-refractivity contribution in [3.05, 3.63) is 84.4 Å². The van der Waals surface area contributed by atoms with E-state index in [1.54, 1.807) is 12.1 Å². The molecule has 2 aliphatic heterocycles. The second-order valence-corrected chi connectivity index (χ2v) is 11.2. The van der Waals surface area contributed by atoms with Crippen LogP contribution in [0.15, 0.2) is 83.9 Å². The number of carbonyl (C=O) groups is 1. The second-order valence-electron chi connectivity index (χ2n) is 7.83. The molecule has 1 amide bonds. The van der Waals surface area contributed by atoms with Gasteiger partial charge in [0.1, 0.15) is 0 Å². The quantitative estimate of drug-likeness (QED) is 0.603. The van der Waals surface area contributed by atoms with Crippen molar-refractivity contribution in [2.45, 2.75) is 11.3 Å². The molecule has 0 aromatic heterocycles. The molecule has 3 aromatic carbocycles. The Labute approximate surface area is 191 Å². The molecule has 2 N–H and O–H groups in total. The van der Waals surface area contributed by atoms with Crippen molar-refractivity contribution in [1.29, 1.82) is 0 Å². The van der Waals surface area contributed by atoms with Crippen molar-refractivity contribution in [2.75, 3.05) is 22.1 Å². The number of aliphatic imine (C=N–C) groups is 1. The lowest BCUT2D eigenvalue weighted by Crippen LogP contribution is -2.13. The van der Waals surface area contributed by atoms with Crippen LogP contribution in [0.5, 0.6) is 0 Å². The van der Waals surface area contributed by atoms with Crippen molar-refractivity contribution >= 4 is 44.0 Å². The smallest absolute Gasteiger partial charge is 0.255 e. The third-order valence-corrected chi connectivity index (χ3v) is 8.61. The van der Waals surface area contributed by atoms with Gasteiger partial charge in [0.2, 0.25) is 0 Å². The molecule has 0 unspecified atom stereocenters. The number of amidine groups is 1. The summed E-state index contributed by atoms with van der Waals surface area (Å²) in [5.41, 5.74) is 4.31. The monoisotopic (exact) mass is 463 g/mol. The molecule has 0 spiro atoms. The number of hydrogen-bond acceptors (Lipinski definition) is 6. The van der Waals surface area contributed by atoms with Gasteiger partial charge in [-0.05, 0) is 47.5 Å². The summed E-state index contributed by atoms with van der Waals surface area (Å²) >= 11 is 1.47. The van der Waals surface area contributed by atoms with Crippen LogP contribution in [0.1, 0.15) is 10.4 Å². The maximum absolute atomic E-state index is 12.6. The van der Waals surface area contributed by atoms with E-state index >= 15 is 0 Å². The first kappa shape index (κ1) is 20.8. The third kappa shape index (κ3) is 4.56. The summed E-state index contributed by atoms with van der Waals surface area (Å²) in [7, 11) is -2.96. The molecule has 1 saturated heterocycles. The van der Waals surface area contributed by atoms with Crippen molar-refractivity contribution in [3.63, 3.8) is 0 Å². The van der Waals surface area contributed by atoms with Crippen molar-refractivity contribution in [1.82, 2.24) is 0 Å². The maximum Gasteiger partial charge on any atom is 0.255 e. The Hall–Kier alpha value is -3.10. The number of hydrogen-bond donors (Lipinski definition) is 2. The Morgan fingerprint density at radius 3 is 2.19 bits per heavy atom. The van der Waals surface area contributed by atoms with E-state index in [-0.39, 0.29) is 28.7 Å². The van der Waals surface area contributed by atoms with E-state index in [0.29, 0.717) is 5.56 Å². The average Bonchev–Trinajstić information content (AvgIpc) is 3.28. The van der Waals surface area contributed by atoms with E-state index in [9.17, 15) is 13.2 Å². The number of fused-ring (bicyclic) bond motifs is 1. The van der Waals surface area contributed by atoms with Crippen LogP contribution in [0, 0.1) is 0 Å². The molecule has 162 valence electrons. The molecule has 3 aromatic rings. The van der Waals surface area contributed by atoms with Gasteiger partial charge in [0, 0.05) is 22.2 Å². The van der Waals surface area contributed by atoms with Gasteiger partial charge < -0.3 is 10.6 Å². The molecular formula is C24H21N3O3S2. The van der Waals surface area contributed by atoms with E-state index in [2.05, 4.69) is 15.6 Å². The van der Waals surface area contributed by atoms with Crippen LogP contribution in [0.4, 0.5) is 11.4 Å². The van der Waals surface area contributed by atoms with E-state index in [1.807, 2.05) is 66.7 Å². The topological polar surface area (TPSA) is 87.6 Å². The molecule has 2 aliphatic rings. The zero-order valence-corrected chi connectivity index (χ0v) is 18.7. The molecule has 0 saturated carbocycles. The number of nitrogens with one attached hydrogen (secondary N) is 2. The first-order chi connectivity index (χ1) is 15.4. The Morgan fingerprint density at radius 1 is 0.844 bits per heavy atom. The normalized spacial score (nSPS) is 20.9. The standard InChI is InChI=1S/C24H21N3O3S2/c28-23(25-19-10-6-17(7-11-19)16-4-2-1-3-5-16)18-8-12-20(13-9-18)26-24-27-21-14-32(29,30)15-22(21)31-24/h1-13,21-22H,14-15H2,(H,25,28)(H,26,27)/t21-,22-/m0/s1. The van der Waals surface area contributed by atoms with Gasteiger partial charge >= 0.3 is 0 Å². The maximum atomic E-state index is 12.6. The first-order valence-electron chi connectivity index (χ1n) is 10.2. The Morgan fingerprint density at radius 2 is 1.50 bits per heavy atom. The summed E-state index contributed by atoms with van der Waals surface area (Å²) in [6.07, 6.45) is 0. The highest BCUT2D eigenvalue weighted by atomic mass is 32.2. The lowest BCUT2D eigenvalue weighted by Gasteiger charge is -2.09. The minimum absolute atomic E-state index is 0.000769. The van der Waals surface area contributed by atoms with Crippen LogP contribution in [0.2, 0.25) is 0 Å². The fraction of sp³-hybridized carbons (Fsp3) is 0.167. The van der Waals surface area contributed by atoms with E-state index in [0.717, 1.165) is 27.7 Å². The first-order valence-corrected chi connectivity index (χ1v) is 12.9. The number of carbonyl (C=O) groups excluding carboxylic acids is 1. The summed E-state index contributed by atoms with van der Waals surface area (Å²) in [5.74, 6) is 0.125. The number of sulfone groups is 1. The number of benzene rings is 3. The summed E-state index contributed by atoms with van der Waals surface area (Å²) in [4.78, 5) is 17.1. The highest BCUT2D eigenvalue weighted by Gasteiger charge is 2.42. The van der Waals surface area contributed by atoms with Gasteiger partial charge in [-0.25, -0.2) is 8.42 Å². The average molecular weight is 464 g/mol. The number of rotatable bonds is 4. The Balaban J connectivity index is 1.20. The predicted octanol–water partition coefficient (Wildman–Crippen LogP) is 4.29. The van der Waals surface area contributed by atoms with Crippen LogP contribution >= 0.6 is 11.8 Å². The van der Waals surface area contributed by atoms with Gasteiger partial charge in [0.05, 0.1) is 17.5 Å². The van der Waals surface area contributed by atoms with E-state index in [4.69, 9.17) is 0 Å². The molecular weight excluding hydrogens is 442 g/mol. The van der Waals surface area contributed by atoms with Crippen molar-refractivity contribution in [3.8, 4) is 11.1 Å². The molecule has 0 bridgehead atoms. The number of thioether (sulfide) groups is 1. The summed E-state index contributed by atoms with van der Waals surface area (Å²) in [6.45, 7) is 0. The van der Waals surface area contributed by atoms with Crippen molar-refractivity contribution in [2.24, 2.45) is 4.99 Å². The summed E-state index contributed by atoms with van der Waals surface area (Å²) in [6, 6.07) is 24.8. The van der Waals surface area contributed by atoms with E-state index < -0.39 is 9.84 Å². The fourth-order valence-corrected chi connectivity index (χ4v) is 7.50. The van der Waals surface area contributed by atoms with Gasteiger partial charge in [0.25, 0.3) is 5.91 Å². The molecule has 0 aliphatic carbocycles. The van der Waals surface area contributed by atoms with Gasteiger partial charge in [-0.1, -0.05) is 54.2 Å². The Bertz CT molecular complexity index is 1270. The molecule has 8 heteroatoms. The van der Waals surface area contributed by atoms with Gasteiger partial charge in [-0.2, -0.15) is 0 Å². The summed E-state index contributed by atoms with van der Waals surface area (Å²) in [5, 5.41) is 6.87. The number of anilines is 2. The molecule has 2 atom stereocenters. The van der Waals surface area contributed by atoms with E-state index in [1.165, 1.54) is 11.8 Å². The molecule has 2 heterocycles.